The van der Waals surface area contributed by atoms with Gasteiger partial charge < -0.3 is 5.32 Å². The maximum atomic E-state index is 13.5. The molecule has 0 aliphatic rings. The molecular weight excluding hydrogens is 373 g/mol. The lowest BCUT2D eigenvalue weighted by atomic mass is 9.99. The average Bonchev–Trinajstić information content (AvgIpc) is 2.36. The lowest BCUT2D eigenvalue weighted by Gasteiger charge is -2.18. The summed E-state index contributed by atoms with van der Waals surface area (Å²) in [4.78, 5) is 0. The number of halogens is 3. The molecule has 19 heavy (non-hydrogen) atoms. The molecule has 0 radical (unpaired) electrons. The van der Waals surface area contributed by atoms with Crippen molar-refractivity contribution >= 4 is 31.9 Å². The van der Waals surface area contributed by atoms with E-state index in [0.29, 0.717) is 0 Å². The fraction of sp³-hybridized carbons (Fsp3) is 0.200. The van der Waals surface area contributed by atoms with Gasteiger partial charge in [-0.15, -0.1) is 0 Å². The number of likely N-dealkylation sites (N-methyl/N-ethyl adjacent to an activating group) is 1. The van der Waals surface area contributed by atoms with Crippen LogP contribution in [-0.2, 0) is 6.42 Å². The van der Waals surface area contributed by atoms with Crippen LogP contribution in [0.4, 0.5) is 4.39 Å². The third-order valence-electron chi connectivity index (χ3n) is 3.02. The largest absolute Gasteiger partial charge is 0.313 e. The highest BCUT2D eigenvalue weighted by Gasteiger charge is 2.13. The van der Waals surface area contributed by atoms with Gasteiger partial charge in [0.15, 0.2) is 0 Å². The fourth-order valence-electron chi connectivity index (χ4n) is 2.05. The summed E-state index contributed by atoms with van der Waals surface area (Å²) in [5.74, 6) is -0.225. The molecule has 1 atom stereocenters. The van der Waals surface area contributed by atoms with Crippen LogP contribution in [0, 0.1) is 5.82 Å². The Balaban J connectivity index is 2.28. The topological polar surface area (TPSA) is 12.0 Å². The predicted octanol–water partition coefficient (Wildman–Crippen LogP) is 4.85. The predicted molar refractivity (Wildman–Crippen MR) is 83.7 cm³/mol. The molecule has 1 N–H and O–H groups in total. The second-order valence-corrected chi connectivity index (χ2v) is 6.11. The number of rotatable bonds is 4. The summed E-state index contributed by atoms with van der Waals surface area (Å²) in [7, 11) is 1.89. The Labute approximate surface area is 129 Å². The minimum atomic E-state index is -0.225. The van der Waals surface area contributed by atoms with Crippen molar-refractivity contribution in [3.8, 4) is 0 Å². The molecule has 2 aromatic rings. The second kappa shape index (κ2) is 6.64. The smallest absolute Gasteiger partial charge is 0.124 e. The van der Waals surface area contributed by atoms with Gasteiger partial charge in [-0.2, -0.15) is 0 Å². The van der Waals surface area contributed by atoms with Gasteiger partial charge in [0, 0.05) is 15.0 Å². The maximum absolute atomic E-state index is 13.5. The Morgan fingerprint density at radius 1 is 1.16 bits per heavy atom. The molecule has 0 saturated heterocycles. The second-order valence-electron chi connectivity index (χ2n) is 4.34. The van der Waals surface area contributed by atoms with Gasteiger partial charge in [-0.05, 0) is 48.9 Å². The third-order valence-corrected chi connectivity index (χ3v) is 4.25. The van der Waals surface area contributed by atoms with Crippen LogP contribution in [0.5, 0.6) is 0 Å². The Kier molecular flexibility index (Phi) is 5.13. The highest BCUT2D eigenvalue weighted by Crippen LogP contribution is 2.26. The first-order valence-corrected chi connectivity index (χ1v) is 7.55. The molecular formula is C15H14Br2FN. The SMILES string of the molecule is CNC(Cc1ccccc1Br)c1cc(F)cc(Br)c1. The first kappa shape index (κ1) is 14.7. The number of hydrogen-bond donors (Lipinski definition) is 1. The summed E-state index contributed by atoms with van der Waals surface area (Å²) in [5.41, 5.74) is 2.13. The molecule has 1 nitrogen and oxygen atoms in total. The van der Waals surface area contributed by atoms with Crippen molar-refractivity contribution in [2.75, 3.05) is 7.05 Å². The van der Waals surface area contributed by atoms with E-state index in [0.717, 1.165) is 20.9 Å². The molecule has 0 aromatic heterocycles. The highest BCUT2D eigenvalue weighted by molar-refractivity contribution is 9.10. The third kappa shape index (κ3) is 3.88. The monoisotopic (exact) mass is 385 g/mol. The molecule has 0 bridgehead atoms. The van der Waals surface area contributed by atoms with Crippen LogP contribution in [0.25, 0.3) is 0 Å². The van der Waals surface area contributed by atoms with Gasteiger partial charge in [-0.1, -0.05) is 50.1 Å². The lowest BCUT2D eigenvalue weighted by Crippen LogP contribution is -2.19. The molecule has 1 unspecified atom stereocenters. The minimum absolute atomic E-state index is 0.0747. The number of hydrogen-bond acceptors (Lipinski definition) is 1. The van der Waals surface area contributed by atoms with Crippen LogP contribution in [-0.4, -0.2) is 7.05 Å². The summed E-state index contributed by atoms with van der Waals surface area (Å²) >= 11 is 6.88. The van der Waals surface area contributed by atoms with E-state index in [1.807, 2.05) is 31.3 Å². The summed E-state index contributed by atoms with van der Waals surface area (Å²) in [6.07, 6.45) is 0.799. The molecule has 0 heterocycles. The molecule has 2 rings (SSSR count). The van der Waals surface area contributed by atoms with E-state index < -0.39 is 0 Å². The molecule has 0 amide bonds. The van der Waals surface area contributed by atoms with E-state index in [4.69, 9.17) is 0 Å². The van der Waals surface area contributed by atoms with Crippen LogP contribution in [0.3, 0.4) is 0 Å². The van der Waals surface area contributed by atoms with Gasteiger partial charge >= 0.3 is 0 Å². The normalized spacial score (nSPS) is 12.4. The summed E-state index contributed by atoms with van der Waals surface area (Å²) in [6.45, 7) is 0. The fourth-order valence-corrected chi connectivity index (χ4v) is 2.98. The summed E-state index contributed by atoms with van der Waals surface area (Å²) in [6, 6.07) is 13.1. The van der Waals surface area contributed by atoms with Crippen LogP contribution >= 0.6 is 31.9 Å². The molecule has 100 valence electrons. The van der Waals surface area contributed by atoms with Gasteiger partial charge in [0.05, 0.1) is 0 Å². The molecule has 0 fully saturated rings. The zero-order valence-corrected chi connectivity index (χ0v) is 13.6. The average molecular weight is 387 g/mol. The van der Waals surface area contributed by atoms with Crippen LogP contribution in [0.1, 0.15) is 17.2 Å². The lowest BCUT2D eigenvalue weighted by molar-refractivity contribution is 0.576. The van der Waals surface area contributed by atoms with E-state index in [1.54, 1.807) is 6.07 Å². The van der Waals surface area contributed by atoms with Gasteiger partial charge in [0.25, 0.3) is 0 Å². The van der Waals surface area contributed by atoms with Crippen molar-refractivity contribution in [1.82, 2.24) is 5.32 Å². The van der Waals surface area contributed by atoms with Crippen LogP contribution in [0.15, 0.2) is 51.4 Å². The van der Waals surface area contributed by atoms with Crippen molar-refractivity contribution in [3.05, 3.63) is 68.4 Å². The van der Waals surface area contributed by atoms with Crippen LogP contribution < -0.4 is 5.32 Å². The maximum Gasteiger partial charge on any atom is 0.124 e. The van der Waals surface area contributed by atoms with Crippen molar-refractivity contribution < 1.29 is 4.39 Å². The van der Waals surface area contributed by atoms with E-state index in [-0.39, 0.29) is 11.9 Å². The first-order chi connectivity index (χ1) is 9.10. The molecule has 4 heteroatoms. The van der Waals surface area contributed by atoms with Gasteiger partial charge in [-0.25, -0.2) is 4.39 Å². The van der Waals surface area contributed by atoms with Gasteiger partial charge in [-0.3, -0.25) is 0 Å². The first-order valence-electron chi connectivity index (χ1n) is 5.97. The number of nitrogens with one attached hydrogen (secondary N) is 1. The molecule has 2 aromatic carbocycles. The standard InChI is InChI=1S/C15H14Br2FN/c1-19-15(8-10-4-2-3-5-14(10)17)11-6-12(16)9-13(18)7-11/h2-7,9,15,19H,8H2,1H3. The Hall–Kier alpha value is -0.710. The summed E-state index contributed by atoms with van der Waals surface area (Å²) < 4.78 is 15.3. The van der Waals surface area contributed by atoms with E-state index >= 15 is 0 Å². The van der Waals surface area contributed by atoms with Crippen molar-refractivity contribution in [2.45, 2.75) is 12.5 Å². The molecule has 0 spiro atoms. The number of benzene rings is 2. The van der Waals surface area contributed by atoms with E-state index in [9.17, 15) is 4.39 Å². The summed E-state index contributed by atoms with van der Waals surface area (Å²) in [5, 5.41) is 3.24. The molecule has 0 aliphatic carbocycles. The quantitative estimate of drug-likeness (QED) is 0.791. The zero-order valence-electron chi connectivity index (χ0n) is 10.5. The van der Waals surface area contributed by atoms with E-state index in [1.165, 1.54) is 11.6 Å². The van der Waals surface area contributed by atoms with Gasteiger partial charge in [0.1, 0.15) is 5.82 Å². The van der Waals surface area contributed by atoms with E-state index in [2.05, 4.69) is 43.2 Å². The Morgan fingerprint density at radius 3 is 2.53 bits per heavy atom. The van der Waals surface area contributed by atoms with Gasteiger partial charge in [0.2, 0.25) is 0 Å². The van der Waals surface area contributed by atoms with Crippen molar-refractivity contribution in [2.24, 2.45) is 0 Å². The Bertz CT molecular complexity index is 552. The van der Waals surface area contributed by atoms with Crippen molar-refractivity contribution in [1.29, 1.82) is 0 Å². The molecule has 0 saturated carbocycles. The molecule has 0 aliphatic heterocycles. The minimum Gasteiger partial charge on any atom is -0.313 e. The Morgan fingerprint density at radius 2 is 1.89 bits per heavy atom. The zero-order chi connectivity index (χ0) is 13.8. The highest BCUT2D eigenvalue weighted by atomic mass is 79.9. The van der Waals surface area contributed by atoms with Crippen molar-refractivity contribution in [3.63, 3.8) is 0 Å². The van der Waals surface area contributed by atoms with Crippen LogP contribution in [0.2, 0.25) is 0 Å².